The van der Waals surface area contributed by atoms with E-state index in [2.05, 4.69) is 11.7 Å². The minimum Gasteiger partial charge on any atom is -0.325 e. The molecule has 1 fully saturated rings. The van der Waals surface area contributed by atoms with Gasteiger partial charge in [0.05, 0.1) is 0 Å². The Bertz CT molecular complexity index is 172. The van der Waals surface area contributed by atoms with E-state index >= 15 is 0 Å². The van der Waals surface area contributed by atoms with Crippen LogP contribution in [0.4, 0.5) is 4.39 Å². The van der Waals surface area contributed by atoms with Gasteiger partial charge >= 0.3 is 0 Å². The van der Waals surface area contributed by atoms with Crippen LogP contribution in [0.2, 0.25) is 0 Å². The molecule has 0 radical (unpaired) electrons. The fraction of sp³-hybridized carbons (Fsp3) is 0.900. The molecular weight excluding hydrogens is 167 g/mol. The molecule has 0 aliphatic heterocycles. The number of hydrogen-bond acceptors (Lipinski definition) is 2. The zero-order valence-electron chi connectivity index (χ0n) is 8.30. The van der Waals surface area contributed by atoms with E-state index in [0.717, 1.165) is 19.4 Å². The molecule has 1 rings (SSSR count). The number of halogens is 1. The van der Waals surface area contributed by atoms with Crippen LogP contribution in [0.15, 0.2) is 4.99 Å². The third-order valence-electron chi connectivity index (χ3n) is 3.14. The summed E-state index contributed by atoms with van der Waals surface area (Å²) in [5, 5.41) is 0. The molecule has 1 unspecified atom stereocenters. The van der Waals surface area contributed by atoms with Crippen LogP contribution in [0.3, 0.4) is 0 Å². The summed E-state index contributed by atoms with van der Waals surface area (Å²) < 4.78 is 13.9. The van der Waals surface area contributed by atoms with Crippen molar-refractivity contribution in [1.82, 2.24) is 0 Å². The van der Waals surface area contributed by atoms with Crippen LogP contribution in [0.5, 0.6) is 0 Å². The monoisotopic (exact) mass is 186 g/mol. The predicted octanol–water partition coefficient (Wildman–Crippen LogP) is 1.93. The summed E-state index contributed by atoms with van der Waals surface area (Å²) in [6.45, 7) is 5.99. The number of nitrogens with two attached hydrogens (primary N) is 1. The molecule has 0 bridgehead atoms. The van der Waals surface area contributed by atoms with Gasteiger partial charge in [0.1, 0.15) is 5.67 Å². The highest BCUT2D eigenvalue weighted by molar-refractivity contribution is 5.23. The van der Waals surface area contributed by atoms with Crippen molar-refractivity contribution in [2.24, 2.45) is 16.6 Å². The minimum absolute atomic E-state index is 0.342. The number of aliphatic imine (C=N–C) groups is 1. The van der Waals surface area contributed by atoms with E-state index in [9.17, 15) is 4.39 Å². The number of nitrogens with zero attached hydrogens (tertiary/aromatic N) is 1. The van der Waals surface area contributed by atoms with Gasteiger partial charge in [0.15, 0.2) is 0 Å². The second kappa shape index (κ2) is 4.18. The predicted molar refractivity (Wildman–Crippen MR) is 53.9 cm³/mol. The molecule has 0 aromatic heterocycles. The van der Waals surface area contributed by atoms with E-state index < -0.39 is 5.67 Å². The van der Waals surface area contributed by atoms with Crippen molar-refractivity contribution in [1.29, 1.82) is 0 Å². The Labute approximate surface area is 79.4 Å². The van der Waals surface area contributed by atoms with Crippen molar-refractivity contribution in [3.8, 4) is 0 Å². The molecular formula is C10H19FN2. The van der Waals surface area contributed by atoms with E-state index in [-0.39, 0.29) is 6.04 Å². The topological polar surface area (TPSA) is 38.4 Å². The Balaban J connectivity index is 2.41. The lowest BCUT2D eigenvalue weighted by Crippen LogP contribution is -2.45. The Morgan fingerprint density at radius 3 is 2.54 bits per heavy atom. The first-order chi connectivity index (χ1) is 6.08. The van der Waals surface area contributed by atoms with Crippen LogP contribution < -0.4 is 5.73 Å². The van der Waals surface area contributed by atoms with E-state index in [4.69, 9.17) is 5.73 Å². The standard InChI is InChI=1S/C10H19FN2/c1-8(12)10(11)5-3-9(4-6-10)7-13-2/h8-9H,2-7,12H2,1H3. The lowest BCUT2D eigenvalue weighted by molar-refractivity contribution is 0.0637. The SMILES string of the molecule is C=NCC1CCC(F)(C(C)N)CC1. The van der Waals surface area contributed by atoms with Crippen molar-refractivity contribution in [2.45, 2.75) is 44.3 Å². The second-order valence-corrected chi connectivity index (χ2v) is 4.17. The first kappa shape index (κ1) is 10.6. The van der Waals surface area contributed by atoms with Gasteiger partial charge in [-0.15, -0.1) is 0 Å². The van der Waals surface area contributed by atoms with Crippen molar-refractivity contribution in [2.75, 3.05) is 6.54 Å². The molecule has 76 valence electrons. The second-order valence-electron chi connectivity index (χ2n) is 4.17. The normalized spacial score (nSPS) is 37.0. The zero-order valence-corrected chi connectivity index (χ0v) is 8.30. The van der Waals surface area contributed by atoms with Crippen LogP contribution in [0.1, 0.15) is 32.6 Å². The summed E-state index contributed by atoms with van der Waals surface area (Å²) in [5.41, 5.74) is 4.48. The molecule has 0 aromatic rings. The fourth-order valence-corrected chi connectivity index (χ4v) is 1.98. The molecule has 0 spiro atoms. The summed E-state index contributed by atoms with van der Waals surface area (Å²) in [4.78, 5) is 3.85. The number of alkyl halides is 1. The average Bonchev–Trinajstić information content (AvgIpc) is 2.09. The lowest BCUT2D eigenvalue weighted by atomic mass is 9.77. The van der Waals surface area contributed by atoms with Crippen LogP contribution in [0.25, 0.3) is 0 Å². The van der Waals surface area contributed by atoms with Crippen molar-refractivity contribution < 1.29 is 4.39 Å². The summed E-state index contributed by atoms with van der Waals surface area (Å²) in [5.74, 6) is 0.528. The van der Waals surface area contributed by atoms with Gasteiger partial charge in [-0.1, -0.05) is 0 Å². The summed E-state index contributed by atoms with van der Waals surface area (Å²) in [7, 11) is 0. The van der Waals surface area contributed by atoms with E-state index in [1.165, 1.54) is 0 Å². The van der Waals surface area contributed by atoms with E-state index in [1.807, 2.05) is 0 Å². The maximum absolute atomic E-state index is 13.9. The van der Waals surface area contributed by atoms with Gasteiger partial charge in [0, 0.05) is 12.6 Å². The molecule has 1 aliphatic carbocycles. The highest BCUT2D eigenvalue weighted by atomic mass is 19.1. The third kappa shape index (κ3) is 2.50. The largest absolute Gasteiger partial charge is 0.325 e. The quantitative estimate of drug-likeness (QED) is 0.672. The average molecular weight is 186 g/mol. The molecule has 1 atom stereocenters. The summed E-state index contributed by atoms with van der Waals surface area (Å²) in [6, 6.07) is -0.342. The van der Waals surface area contributed by atoms with Gasteiger partial charge < -0.3 is 10.7 Å². The van der Waals surface area contributed by atoms with Gasteiger partial charge in [0.2, 0.25) is 0 Å². The van der Waals surface area contributed by atoms with Gasteiger partial charge in [-0.2, -0.15) is 0 Å². The summed E-state index contributed by atoms with van der Waals surface area (Å²) in [6.07, 6.45) is 2.98. The Hall–Kier alpha value is -0.440. The molecule has 13 heavy (non-hydrogen) atoms. The lowest BCUT2D eigenvalue weighted by Gasteiger charge is -2.36. The minimum atomic E-state index is -1.13. The molecule has 0 heterocycles. The maximum Gasteiger partial charge on any atom is 0.125 e. The molecule has 0 saturated heterocycles. The van der Waals surface area contributed by atoms with Gasteiger partial charge in [-0.3, -0.25) is 0 Å². The van der Waals surface area contributed by atoms with E-state index in [1.54, 1.807) is 6.92 Å². The van der Waals surface area contributed by atoms with Gasteiger partial charge in [0.25, 0.3) is 0 Å². The maximum atomic E-state index is 13.9. The van der Waals surface area contributed by atoms with Crippen LogP contribution in [-0.2, 0) is 0 Å². The first-order valence-corrected chi connectivity index (χ1v) is 4.95. The Morgan fingerprint density at radius 1 is 1.62 bits per heavy atom. The first-order valence-electron chi connectivity index (χ1n) is 4.95. The Kier molecular flexibility index (Phi) is 3.42. The third-order valence-corrected chi connectivity index (χ3v) is 3.14. The van der Waals surface area contributed by atoms with Crippen LogP contribution in [0, 0.1) is 5.92 Å². The number of rotatable bonds is 3. The molecule has 0 amide bonds. The van der Waals surface area contributed by atoms with Crippen LogP contribution >= 0.6 is 0 Å². The van der Waals surface area contributed by atoms with E-state index in [0.29, 0.717) is 18.8 Å². The molecule has 3 heteroatoms. The smallest absolute Gasteiger partial charge is 0.125 e. The number of hydrogen-bond donors (Lipinski definition) is 1. The fourth-order valence-electron chi connectivity index (χ4n) is 1.98. The van der Waals surface area contributed by atoms with Crippen molar-refractivity contribution in [3.63, 3.8) is 0 Å². The molecule has 1 saturated carbocycles. The molecule has 2 nitrogen and oxygen atoms in total. The van der Waals surface area contributed by atoms with Gasteiger partial charge in [-0.25, -0.2) is 4.39 Å². The highest BCUT2D eigenvalue weighted by Crippen LogP contribution is 2.36. The van der Waals surface area contributed by atoms with Crippen molar-refractivity contribution in [3.05, 3.63) is 0 Å². The Morgan fingerprint density at radius 2 is 2.15 bits per heavy atom. The molecule has 1 aliphatic rings. The van der Waals surface area contributed by atoms with Crippen molar-refractivity contribution >= 4 is 6.72 Å². The highest BCUT2D eigenvalue weighted by Gasteiger charge is 2.38. The summed E-state index contributed by atoms with van der Waals surface area (Å²) >= 11 is 0. The van der Waals surface area contributed by atoms with Gasteiger partial charge in [-0.05, 0) is 45.2 Å². The van der Waals surface area contributed by atoms with Crippen LogP contribution in [-0.4, -0.2) is 25.0 Å². The molecule has 2 N–H and O–H groups in total. The molecule has 0 aromatic carbocycles. The zero-order chi connectivity index (χ0) is 9.90.